The summed E-state index contributed by atoms with van der Waals surface area (Å²) >= 11 is 3.37. The highest BCUT2D eigenvalue weighted by Crippen LogP contribution is 2.24. The molecule has 1 aromatic carbocycles. The Bertz CT molecular complexity index is 690. The fraction of sp³-hybridized carbons (Fsp3) is 0.294. The number of allylic oxidation sites excluding steroid dienone is 1. The Kier molecular flexibility index (Phi) is 5.12. The number of nitrogens with zero attached hydrogens (tertiary/aromatic N) is 1. The molecule has 3 nitrogen and oxygen atoms in total. The van der Waals surface area contributed by atoms with E-state index in [-0.39, 0.29) is 5.56 Å². The summed E-state index contributed by atoms with van der Waals surface area (Å²) in [4.78, 5) is 16.0. The van der Waals surface area contributed by atoms with Crippen molar-refractivity contribution in [1.29, 1.82) is 0 Å². The van der Waals surface area contributed by atoms with Crippen LogP contribution in [0.3, 0.4) is 0 Å². The molecule has 0 aliphatic carbocycles. The van der Waals surface area contributed by atoms with Crippen molar-refractivity contribution in [1.82, 2.24) is 4.98 Å². The summed E-state index contributed by atoms with van der Waals surface area (Å²) in [6, 6.07) is 7.13. The van der Waals surface area contributed by atoms with Gasteiger partial charge in [-0.3, -0.25) is 0 Å². The number of rotatable bonds is 5. The fourth-order valence-corrected chi connectivity index (χ4v) is 2.64. The summed E-state index contributed by atoms with van der Waals surface area (Å²) in [6.45, 7) is 4.29. The summed E-state index contributed by atoms with van der Waals surface area (Å²) < 4.78 is 0.847. The van der Waals surface area contributed by atoms with Crippen LogP contribution in [0.4, 0.5) is 0 Å². The van der Waals surface area contributed by atoms with E-state index in [4.69, 9.17) is 0 Å². The molecule has 0 radical (unpaired) electrons. The molecule has 1 N–H and O–H groups in total. The number of carboxylic acid groups (broad SMARTS) is 1. The predicted octanol–water partition coefficient (Wildman–Crippen LogP) is 5.14. The molecule has 2 aromatic rings. The Morgan fingerprint density at radius 3 is 2.67 bits per heavy atom. The third-order valence-electron chi connectivity index (χ3n) is 3.61. The summed E-state index contributed by atoms with van der Waals surface area (Å²) in [5.41, 5.74) is 1.67. The smallest absolute Gasteiger partial charge is 0.336 e. The number of carbonyl (C=O) groups is 1. The summed E-state index contributed by atoms with van der Waals surface area (Å²) in [6.07, 6.45) is 6.17. The van der Waals surface area contributed by atoms with E-state index in [1.165, 1.54) is 0 Å². The minimum atomic E-state index is -0.933. The molecule has 0 atom stereocenters. The maximum atomic E-state index is 11.5. The first-order valence-electron chi connectivity index (χ1n) is 7.07. The minimum Gasteiger partial charge on any atom is -0.478 e. The van der Waals surface area contributed by atoms with Crippen LogP contribution in [0.25, 0.3) is 17.0 Å². The van der Waals surface area contributed by atoms with Gasteiger partial charge in [0, 0.05) is 9.86 Å². The van der Waals surface area contributed by atoms with Crippen LogP contribution >= 0.6 is 15.9 Å². The number of carboxylic acids is 1. The second-order valence-electron chi connectivity index (χ2n) is 5.00. The van der Waals surface area contributed by atoms with Crippen LogP contribution in [-0.4, -0.2) is 16.1 Å². The van der Waals surface area contributed by atoms with Crippen LogP contribution < -0.4 is 0 Å². The average molecular weight is 348 g/mol. The van der Waals surface area contributed by atoms with Crippen molar-refractivity contribution in [3.8, 4) is 0 Å². The Labute approximate surface area is 132 Å². The van der Waals surface area contributed by atoms with Crippen molar-refractivity contribution in [3.63, 3.8) is 0 Å². The van der Waals surface area contributed by atoms with Gasteiger partial charge in [0.2, 0.25) is 0 Å². The summed E-state index contributed by atoms with van der Waals surface area (Å²) in [5, 5.41) is 10.1. The third-order valence-corrected chi connectivity index (χ3v) is 4.10. The largest absolute Gasteiger partial charge is 0.478 e. The zero-order valence-corrected chi connectivity index (χ0v) is 13.7. The van der Waals surface area contributed by atoms with Crippen LogP contribution in [0, 0.1) is 5.92 Å². The SMILES string of the molecule is CCC(/C=C/c1cc(C(=O)O)c2cc(Br)ccc2n1)CC. The van der Waals surface area contributed by atoms with Gasteiger partial charge in [-0.05, 0) is 49.1 Å². The molecule has 0 aliphatic heterocycles. The van der Waals surface area contributed by atoms with Gasteiger partial charge in [0.1, 0.15) is 0 Å². The van der Waals surface area contributed by atoms with Gasteiger partial charge >= 0.3 is 5.97 Å². The van der Waals surface area contributed by atoms with Crippen LogP contribution in [0.1, 0.15) is 42.7 Å². The number of benzene rings is 1. The van der Waals surface area contributed by atoms with Gasteiger partial charge in [-0.2, -0.15) is 0 Å². The Balaban J connectivity index is 2.52. The fourth-order valence-electron chi connectivity index (χ4n) is 2.28. The molecule has 0 saturated carbocycles. The van der Waals surface area contributed by atoms with E-state index in [9.17, 15) is 9.90 Å². The topological polar surface area (TPSA) is 50.2 Å². The molecule has 4 heteroatoms. The maximum Gasteiger partial charge on any atom is 0.336 e. The summed E-state index contributed by atoms with van der Waals surface area (Å²) in [7, 11) is 0. The van der Waals surface area contributed by atoms with Gasteiger partial charge in [0.15, 0.2) is 0 Å². The molecule has 0 bridgehead atoms. The molecule has 110 valence electrons. The van der Waals surface area contributed by atoms with Crippen LogP contribution in [-0.2, 0) is 0 Å². The van der Waals surface area contributed by atoms with E-state index in [0.717, 1.165) is 17.3 Å². The van der Waals surface area contributed by atoms with Gasteiger partial charge in [-0.25, -0.2) is 9.78 Å². The number of hydrogen-bond donors (Lipinski definition) is 1. The molecule has 1 heterocycles. The van der Waals surface area contributed by atoms with E-state index in [1.54, 1.807) is 12.1 Å². The average Bonchev–Trinajstić information content (AvgIpc) is 2.47. The molecule has 2 rings (SSSR count). The number of aromatic carboxylic acids is 1. The van der Waals surface area contributed by atoms with Gasteiger partial charge < -0.3 is 5.11 Å². The molecule has 21 heavy (non-hydrogen) atoms. The number of hydrogen-bond acceptors (Lipinski definition) is 2. The highest BCUT2D eigenvalue weighted by molar-refractivity contribution is 9.10. The van der Waals surface area contributed by atoms with Gasteiger partial charge in [0.05, 0.1) is 16.8 Å². The van der Waals surface area contributed by atoms with E-state index in [2.05, 4.69) is 40.8 Å². The van der Waals surface area contributed by atoms with E-state index >= 15 is 0 Å². The molecule has 0 fully saturated rings. The lowest BCUT2D eigenvalue weighted by atomic mass is 10.0. The monoisotopic (exact) mass is 347 g/mol. The Morgan fingerprint density at radius 2 is 2.05 bits per heavy atom. The van der Waals surface area contributed by atoms with Crippen LogP contribution in [0.15, 0.2) is 34.8 Å². The molecule has 0 saturated heterocycles. The van der Waals surface area contributed by atoms with Crippen molar-refractivity contribution in [2.24, 2.45) is 5.92 Å². The standard InChI is InChI=1S/C17H18BrNO2/c1-3-11(4-2)5-7-13-10-15(17(20)21)14-9-12(18)6-8-16(14)19-13/h5-11H,3-4H2,1-2H3,(H,20,21)/b7-5+. The number of aromatic nitrogens is 1. The van der Waals surface area contributed by atoms with Crippen LogP contribution in [0.5, 0.6) is 0 Å². The molecule has 0 aliphatic rings. The van der Waals surface area contributed by atoms with E-state index < -0.39 is 5.97 Å². The first kappa shape index (κ1) is 15.7. The lowest BCUT2D eigenvalue weighted by Crippen LogP contribution is -2.00. The maximum absolute atomic E-state index is 11.5. The van der Waals surface area contributed by atoms with E-state index in [0.29, 0.717) is 22.5 Å². The van der Waals surface area contributed by atoms with Gasteiger partial charge in [-0.15, -0.1) is 0 Å². The first-order valence-corrected chi connectivity index (χ1v) is 7.86. The van der Waals surface area contributed by atoms with Gasteiger partial charge in [0.25, 0.3) is 0 Å². The zero-order valence-electron chi connectivity index (χ0n) is 12.1. The number of pyridine rings is 1. The Hall–Kier alpha value is -1.68. The zero-order chi connectivity index (χ0) is 15.4. The number of halogens is 1. The van der Waals surface area contributed by atoms with Crippen molar-refractivity contribution >= 4 is 38.9 Å². The van der Waals surface area contributed by atoms with Crippen molar-refractivity contribution < 1.29 is 9.90 Å². The third kappa shape index (κ3) is 3.70. The number of fused-ring (bicyclic) bond motifs is 1. The second-order valence-corrected chi connectivity index (χ2v) is 5.91. The van der Waals surface area contributed by atoms with Crippen molar-refractivity contribution in [2.45, 2.75) is 26.7 Å². The van der Waals surface area contributed by atoms with Crippen molar-refractivity contribution in [3.05, 3.63) is 46.1 Å². The van der Waals surface area contributed by atoms with E-state index in [1.807, 2.05) is 18.2 Å². The lowest BCUT2D eigenvalue weighted by Gasteiger charge is -2.07. The summed E-state index contributed by atoms with van der Waals surface area (Å²) in [5.74, 6) is -0.432. The first-order chi connectivity index (χ1) is 10.0. The molecule has 0 unspecified atom stereocenters. The molecule has 1 aromatic heterocycles. The lowest BCUT2D eigenvalue weighted by molar-refractivity contribution is 0.0699. The molecule has 0 amide bonds. The molecular formula is C17H18BrNO2. The highest BCUT2D eigenvalue weighted by atomic mass is 79.9. The predicted molar refractivity (Wildman–Crippen MR) is 89.5 cm³/mol. The molecule has 0 spiro atoms. The minimum absolute atomic E-state index is 0.283. The quantitative estimate of drug-likeness (QED) is 0.813. The highest BCUT2D eigenvalue weighted by Gasteiger charge is 2.11. The second kappa shape index (κ2) is 6.85. The van der Waals surface area contributed by atoms with Crippen LogP contribution in [0.2, 0.25) is 0 Å². The Morgan fingerprint density at radius 1 is 1.33 bits per heavy atom. The molecular weight excluding hydrogens is 330 g/mol. The normalized spacial score (nSPS) is 11.6. The van der Waals surface area contributed by atoms with Gasteiger partial charge in [-0.1, -0.05) is 35.9 Å². The van der Waals surface area contributed by atoms with Crippen molar-refractivity contribution in [2.75, 3.05) is 0 Å².